The van der Waals surface area contributed by atoms with Crippen molar-refractivity contribution in [2.24, 2.45) is 0 Å². The molecule has 1 amide bonds. The van der Waals surface area contributed by atoms with Gasteiger partial charge in [0.25, 0.3) is 0 Å². The fourth-order valence-electron chi connectivity index (χ4n) is 3.54. The second-order valence-electron chi connectivity index (χ2n) is 6.72. The zero-order valence-electron chi connectivity index (χ0n) is 16.4. The van der Waals surface area contributed by atoms with Crippen molar-refractivity contribution in [3.63, 3.8) is 0 Å². The average molecular weight is 436 g/mol. The minimum Gasteiger partial charge on any atom is -0.466 e. The number of benzene rings is 2. The molecule has 0 aliphatic carbocycles. The molecule has 2 aromatic rings. The molecular weight excluding hydrogens is 413 g/mol. The van der Waals surface area contributed by atoms with Gasteiger partial charge in [0.05, 0.1) is 31.4 Å². The van der Waals surface area contributed by atoms with Gasteiger partial charge in [-0.15, -0.1) is 0 Å². The highest BCUT2D eigenvalue weighted by atomic mass is 35.5. The summed E-state index contributed by atoms with van der Waals surface area (Å²) in [6.07, 6.45) is -0.188. The highest BCUT2D eigenvalue weighted by Gasteiger charge is 2.35. The Morgan fingerprint density at radius 3 is 2.59 bits per heavy atom. The van der Waals surface area contributed by atoms with Crippen LogP contribution in [0.5, 0.6) is 0 Å². The Labute approximate surface area is 180 Å². The molecular formula is C22H23Cl2NO4. The minimum absolute atomic E-state index is 0.0386. The number of amides is 1. The predicted octanol–water partition coefficient (Wildman–Crippen LogP) is 5.18. The second-order valence-corrected chi connectivity index (χ2v) is 7.56. The summed E-state index contributed by atoms with van der Waals surface area (Å²) in [5, 5.41) is 1.08. The summed E-state index contributed by atoms with van der Waals surface area (Å²) in [6, 6.07) is 12.2. The van der Waals surface area contributed by atoms with Crippen molar-refractivity contribution in [2.75, 3.05) is 18.1 Å². The number of carbonyl (C=O) groups excluding carboxylic acids is 2. The molecule has 0 spiro atoms. The Bertz CT molecular complexity index is 902. The number of hydrogen-bond acceptors (Lipinski definition) is 4. The fourth-order valence-corrected chi connectivity index (χ4v) is 3.95. The number of ether oxygens (including phenoxy) is 2. The number of nitrogens with zero attached hydrogens (tertiary/aromatic N) is 1. The van der Waals surface area contributed by atoms with Crippen LogP contribution in [0.4, 0.5) is 5.69 Å². The molecule has 29 heavy (non-hydrogen) atoms. The van der Waals surface area contributed by atoms with Crippen LogP contribution < -0.4 is 4.90 Å². The molecule has 1 aliphatic rings. The first-order valence-electron chi connectivity index (χ1n) is 9.59. The summed E-state index contributed by atoms with van der Waals surface area (Å²) < 4.78 is 11.3. The van der Waals surface area contributed by atoms with E-state index in [2.05, 4.69) is 0 Å². The number of esters is 1. The van der Waals surface area contributed by atoms with Gasteiger partial charge >= 0.3 is 5.97 Å². The third-order valence-corrected chi connectivity index (χ3v) is 5.40. The van der Waals surface area contributed by atoms with Gasteiger partial charge in [-0.1, -0.05) is 48.3 Å². The lowest BCUT2D eigenvalue weighted by Gasteiger charge is -2.30. The fraction of sp³-hybridized carbons (Fsp3) is 0.364. The molecule has 0 aromatic heterocycles. The van der Waals surface area contributed by atoms with E-state index in [1.807, 2.05) is 18.2 Å². The number of anilines is 1. The molecule has 0 N–H and O–H groups in total. The summed E-state index contributed by atoms with van der Waals surface area (Å²) in [6.45, 7) is 3.98. The van der Waals surface area contributed by atoms with E-state index in [0.717, 1.165) is 11.1 Å². The molecule has 0 saturated heterocycles. The molecule has 2 aromatic carbocycles. The van der Waals surface area contributed by atoms with Gasteiger partial charge in [-0.3, -0.25) is 9.59 Å². The lowest BCUT2D eigenvalue weighted by molar-refractivity contribution is -0.144. The largest absolute Gasteiger partial charge is 0.466 e. The smallest absolute Gasteiger partial charge is 0.307 e. The summed E-state index contributed by atoms with van der Waals surface area (Å²) >= 11 is 12.7. The molecule has 2 unspecified atom stereocenters. The quantitative estimate of drug-likeness (QED) is 0.607. The van der Waals surface area contributed by atoms with Gasteiger partial charge in [0.1, 0.15) is 6.10 Å². The normalized spacial score (nSPS) is 18.7. The molecule has 0 saturated carbocycles. The molecule has 5 nitrogen and oxygen atoms in total. The standard InChI is InChI=1S/C22H23Cl2NO4/c1-3-20(26)25-15(12-21(27)28-4-2)13-29-22(16-7-5-6-8-18(16)24)17-11-14(23)9-10-19(17)25/h5-11,15,22H,3-4,12-13H2,1-2H3. The Kier molecular flexibility index (Phi) is 7.17. The molecule has 154 valence electrons. The van der Waals surface area contributed by atoms with Crippen LogP contribution in [0.1, 0.15) is 43.9 Å². The van der Waals surface area contributed by atoms with Gasteiger partial charge in [0, 0.05) is 27.6 Å². The van der Waals surface area contributed by atoms with Crippen LogP contribution in [0.2, 0.25) is 10.0 Å². The molecule has 2 atom stereocenters. The summed E-state index contributed by atoms with van der Waals surface area (Å²) in [5.41, 5.74) is 2.18. The van der Waals surface area contributed by atoms with Crippen LogP contribution in [-0.2, 0) is 19.1 Å². The van der Waals surface area contributed by atoms with Crippen molar-refractivity contribution in [3.8, 4) is 0 Å². The Hall–Kier alpha value is -2.08. The van der Waals surface area contributed by atoms with E-state index in [9.17, 15) is 9.59 Å². The van der Waals surface area contributed by atoms with Crippen LogP contribution in [-0.4, -0.2) is 31.1 Å². The topological polar surface area (TPSA) is 55.8 Å². The van der Waals surface area contributed by atoms with E-state index >= 15 is 0 Å². The summed E-state index contributed by atoms with van der Waals surface area (Å²) in [4.78, 5) is 26.7. The zero-order chi connectivity index (χ0) is 21.0. The van der Waals surface area contributed by atoms with Crippen molar-refractivity contribution in [3.05, 3.63) is 63.6 Å². The maximum Gasteiger partial charge on any atom is 0.307 e. The first-order chi connectivity index (χ1) is 14.0. The highest BCUT2D eigenvalue weighted by Crippen LogP contribution is 2.41. The van der Waals surface area contributed by atoms with E-state index in [1.54, 1.807) is 43.0 Å². The lowest BCUT2D eigenvalue weighted by atomic mass is 9.98. The van der Waals surface area contributed by atoms with Gasteiger partial charge in [0.15, 0.2) is 0 Å². The Morgan fingerprint density at radius 1 is 1.14 bits per heavy atom. The van der Waals surface area contributed by atoms with Crippen LogP contribution in [0.15, 0.2) is 42.5 Å². The van der Waals surface area contributed by atoms with Crippen LogP contribution in [0.3, 0.4) is 0 Å². The van der Waals surface area contributed by atoms with Gasteiger partial charge in [-0.25, -0.2) is 0 Å². The molecule has 0 fully saturated rings. The van der Waals surface area contributed by atoms with Crippen molar-refractivity contribution >= 4 is 40.8 Å². The molecule has 0 radical (unpaired) electrons. The van der Waals surface area contributed by atoms with Gasteiger partial charge in [-0.2, -0.15) is 0 Å². The monoisotopic (exact) mass is 435 g/mol. The Morgan fingerprint density at radius 2 is 1.90 bits per heavy atom. The molecule has 1 aliphatic heterocycles. The number of hydrogen-bond donors (Lipinski definition) is 0. The first kappa shape index (κ1) is 21.6. The summed E-state index contributed by atoms with van der Waals surface area (Å²) in [5.74, 6) is -0.479. The van der Waals surface area contributed by atoms with Crippen LogP contribution in [0, 0.1) is 0 Å². The van der Waals surface area contributed by atoms with E-state index in [-0.39, 0.29) is 37.9 Å². The van der Waals surface area contributed by atoms with Crippen LogP contribution in [0.25, 0.3) is 0 Å². The number of fused-ring (bicyclic) bond motifs is 1. The Balaban J connectivity index is 2.12. The van der Waals surface area contributed by atoms with Gasteiger partial charge in [0.2, 0.25) is 5.91 Å². The summed E-state index contributed by atoms with van der Waals surface area (Å²) in [7, 11) is 0. The van der Waals surface area contributed by atoms with Crippen molar-refractivity contribution in [1.29, 1.82) is 0 Å². The van der Waals surface area contributed by atoms with Gasteiger partial charge < -0.3 is 14.4 Å². The third-order valence-electron chi connectivity index (χ3n) is 4.82. The lowest BCUT2D eigenvalue weighted by Crippen LogP contribution is -2.43. The highest BCUT2D eigenvalue weighted by molar-refractivity contribution is 6.31. The number of carbonyl (C=O) groups is 2. The van der Waals surface area contributed by atoms with E-state index in [0.29, 0.717) is 15.7 Å². The SMILES string of the molecule is CCOC(=O)CC1COC(c2ccccc2Cl)c2cc(Cl)ccc2N1C(=O)CC. The van der Waals surface area contributed by atoms with Gasteiger partial charge in [-0.05, 0) is 31.2 Å². The van der Waals surface area contributed by atoms with E-state index in [1.165, 1.54) is 0 Å². The number of rotatable bonds is 5. The molecule has 7 heteroatoms. The average Bonchev–Trinajstić information content (AvgIpc) is 2.84. The predicted molar refractivity (Wildman–Crippen MR) is 114 cm³/mol. The minimum atomic E-state index is -0.517. The van der Waals surface area contributed by atoms with Crippen molar-refractivity contribution in [2.45, 2.75) is 38.8 Å². The van der Waals surface area contributed by atoms with Crippen molar-refractivity contribution < 1.29 is 19.1 Å². The zero-order valence-corrected chi connectivity index (χ0v) is 17.9. The second kappa shape index (κ2) is 9.61. The van der Waals surface area contributed by atoms with Crippen molar-refractivity contribution in [1.82, 2.24) is 0 Å². The maximum atomic E-state index is 12.9. The maximum absolute atomic E-state index is 12.9. The molecule has 0 bridgehead atoms. The van der Waals surface area contributed by atoms with E-state index < -0.39 is 12.1 Å². The third kappa shape index (κ3) is 4.74. The van der Waals surface area contributed by atoms with Crippen LogP contribution >= 0.6 is 23.2 Å². The first-order valence-corrected chi connectivity index (χ1v) is 10.3. The number of halogens is 2. The molecule has 3 rings (SSSR count). The van der Waals surface area contributed by atoms with E-state index in [4.69, 9.17) is 32.7 Å². The molecule has 1 heterocycles.